The molecule has 0 aliphatic carbocycles. The van der Waals surface area contributed by atoms with Crippen molar-refractivity contribution in [2.75, 3.05) is 19.7 Å². The van der Waals surface area contributed by atoms with E-state index in [2.05, 4.69) is 5.32 Å². The van der Waals surface area contributed by atoms with Crippen molar-refractivity contribution in [1.29, 1.82) is 0 Å². The minimum Gasteiger partial charge on any atom is -0.376 e. The molecule has 1 aliphatic heterocycles. The molecule has 2 aromatic rings. The summed E-state index contributed by atoms with van der Waals surface area (Å²) in [5, 5.41) is 3.11. The van der Waals surface area contributed by atoms with Crippen LogP contribution in [0.15, 0.2) is 42.5 Å². The van der Waals surface area contributed by atoms with Crippen LogP contribution in [0.3, 0.4) is 0 Å². The molecule has 1 aliphatic rings. The number of rotatable bonds is 5. The van der Waals surface area contributed by atoms with Gasteiger partial charge in [-0.2, -0.15) is 26.3 Å². The fraction of sp³-hybridized carbons (Fsp3) is 0.400. The molecule has 0 unspecified atom stereocenters. The molecular formula is C20H18F7NO. The standard InChI is InChI=1S/C20H18F7NO/c21-18-4-2-1-3-16(18)17-9-28-8-13(17)11-29-10-12-5-14(19(22,23)24)7-15(6-12)20(25,26)27/h1-7,13,17,28H,8-11H2/t13-,17-/m1/s1. The van der Waals surface area contributed by atoms with Gasteiger partial charge in [0.1, 0.15) is 5.82 Å². The maximum atomic E-state index is 14.0. The quantitative estimate of drug-likeness (QED) is 0.655. The second-order valence-electron chi connectivity index (χ2n) is 6.98. The van der Waals surface area contributed by atoms with Crippen LogP contribution >= 0.6 is 0 Å². The van der Waals surface area contributed by atoms with Crippen molar-refractivity contribution in [3.05, 3.63) is 70.5 Å². The van der Waals surface area contributed by atoms with E-state index in [1.165, 1.54) is 6.07 Å². The molecular weight excluding hydrogens is 403 g/mol. The van der Waals surface area contributed by atoms with Crippen LogP contribution in [0.2, 0.25) is 0 Å². The highest BCUT2D eigenvalue weighted by atomic mass is 19.4. The lowest BCUT2D eigenvalue weighted by Crippen LogP contribution is -2.18. The van der Waals surface area contributed by atoms with E-state index in [0.29, 0.717) is 30.8 Å². The first kappa shape index (κ1) is 21.6. The topological polar surface area (TPSA) is 21.3 Å². The molecule has 2 aromatic carbocycles. The van der Waals surface area contributed by atoms with Crippen LogP contribution in [0.1, 0.15) is 28.2 Å². The summed E-state index contributed by atoms with van der Waals surface area (Å²) < 4.78 is 97.0. The molecule has 1 heterocycles. The van der Waals surface area contributed by atoms with Gasteiger partial charge in [0.25, 0.3) is 0 Å². The number of halogens is 7. The molecule has 2 nitrogen and oxygen atoms in total. The van der Waals surface area contributed by atoms with E-state index in [4.69, 9.17) is 4.74 Å². The van der Waals surface area contributed by atoms with Gasteiger partial charge in [-0.3, -0.25) is 0 Å². The summed E-state index contributed by atoms with van der Waals surface area (Å²) >= 11 is 0. The van der Waals surface area contributed by atoms with Gasteiger partial charge in [-0.05, 0) is 35.4 Å². The van der Waals surface area contributed by atoms with Crippen LogP contribution < -0.4 is 5.32 Å². The summed E-state index contributed by atoms with van der Waals surface area (Å²) in [6.07, 6.45) is -9.80. The average molecular weight is 421 g/mol. The summed E-state index contributed by atoms with van der Waals surface area (Å²) in [7, 11) is 0. The summed E-state index contributed by atoms with van der Waals surface area (Å²) in [6.45, 7) is 0.684. The smallest absolute Gasteiger partial charge is 0.376 e. The molecule has 0 amide bonds. The van der Waals surface area contributed by atoms with Crippen LogP contribution in [0, 0.1) is 11.7 Å². The second-order valence-corrected chi connectivity index (χ2v) is 6.98. The molecule has 0 bridgehead atoms. The molecule has 0 spiro atoms. The predicted molar refractivity (Wildman–Crippen MR) is 91.6 cm³/mol. The summed E-state index contributed by atoms with van der Waals surface area (Å²) in [5.41, 5.74) is -2.47. The van der Waals surface area contributed by atoms with E-state index in [9.17, 15) is 30.7 Å². The summed E-state index contributed by atoms with van der Waals surface area (Å²) in [5.74, 6) is -0.706. The third kappa shape index (κ3) is 5.27. The van der Waals surface area contributed by atoms with Crippen molar-refractivity contribution < 1.29 is 35.5 Å². The van der Waals surface area contributed by atoms with Crippen LogP contribution in [0.25, 0.3) is 0 Å². The zero-order valence-corrected chi connectivity index (χ0v) is 15.1. The third-order valence-corrected chi connectivity index (χ3v) is 4.89. The normalized spacial score (nSPS) is 20.2. The number of nitrogens with one attached hydrogen (secondary N) is 1. The van der Waals surface area contributed by atoms with E-state index >= 15 is 0 Å². The highest BCUT2D eigenvalue weighted by Crippen LogP contribution is 2.36. The zero-order chi connectivity index (χ0) is 21.2. The van der Waals surface area contributed by atoms with E-state index in [1.54, 1.807) is 18.2 Å². The first-order valence-corrected chi connectivity index (χ1v) is 8.87. The Morgan fingerprint density at radius 2 is 1.52 bits per heavy atom. The fourth-order valence-corrected chi connectivity index (χ4v) is 3.48. The fourth-order valence-electron chi connectivity index (χ4n) is 3.48. The Kier molecular flexibility index (Phi) is 6.19. The molecule has 1 N–H and O–H groups in total. The molecule has 3 rings (SSSR count). The number of benzene rings is 2. The number of hydrogen-bond acceptors (Lipinski definition) is 2. The molecule has 0 radical (unpaired) electrons. The van der Waals surface area contributed by atoms with Gasteiger partial charge in [-0.1, -0.05) is 18.2 Å². The van der Waals surface area contributed by atoms with Gasteiger partial charge >= 0.3 is 12.4 Å². The monoisotopic (exact) mass is 421 g/mol. The van der Waals surface area contributed by atoms with Crippen molar-refractivity contribution in [3.63, 3.8) is 0 Å². The Morgan fingerprint density at radius 1 is 0.897 bits per heavy atom. The van der Waals surface area contributed by atoms with E-state index in [-0.39, 0.29) is 35.9 Å². The predicted octanol–water partition coefficient (Wildman–Crippen LogP) is 5.38. The van der Waals surface area contributed by atoms with E-state index in [0.717, 1.165) is 0 Å². The largest absolute Gasteiger partial charge is 0.416 e. The van der Waals surface area contributed by atoms with Crippen molar-refractivity contribution in [3.8, 4) is 0 Å². The Hall–Kier alpha value is -2.13. The Bertz CT molecular complexity index is 815. The number of hydrogen-bond donors (Lipinski definition) is 1. The molecule has 9 heteroatoms. The van der Waals surface area contributed by atoms with Crippen molar-refractivity contribution >= 4 is 0 Å². The van der Waals surface area contributed by atoms with Gasteiger partial charge in [0.05, 0.1) is 24.3 Å². The number of alkyl halides is 6. The van der Waals surface area contributed by atoms with Crippen LogP contribution in [-0.2, 0) is 23.7 Å². The van der Waals surface area contributed by atoms with Crippen molar-refractivity contribution in [2.24, 2.45) is 5.92 Å². The summed E-state index contributed by atoms with van der Waals surface area (Å²) in [4.78, 5) is 0. The third-order valence-electron chi connectivity index (χ3n) is 4.89. The van der Waals surface area contributed by atoms with Crippen LogP contribution in [0.4, 0.5) is 30.7 Å². The minimum atomic E-state index is -4.90. The molecule has 0 saturated carbocycles. The molecule has 158 valence electrons. The lowest BCUT2D eigenvalue weighted by molar-refractivity contribution is -0.143. The highest BCUT2D eigenvalue weighted by Gasteiger charge is 2.37. The number of ether oxygens (including phenoxy) is 1. The average Bonchev–Trinajstić information content (AvgIpc) is 3.09. The molecule has 1 saturated heterocycles. The van der Waals surface area contributed by atoms with Gasteiger partial charge in [-0.15, -0.1) is 0 Å². The van der Waals surface area contributed by atoms with Gasteiger partial charge in [0.15, 0.2) is 0 Å². The van der Waals surface area contributed by atoms with E-state index in [1.807, 2.05) is 0 Å². The van der Waals surface area contributed by atoms with Gasteiger partial charge < -0.3 is 10.1 Å². The van der Waals surface area contributed by atoms with Crippen LogP contribution in [0.5, 0.6) is 0 Å². The Morgan fingerprint density at radius 3 is 2.10 bits per heavy atom. The minimum absolute atomic E-state index is 0.0730. The Labute approximate surface area is 162 Å². The molecule has 1 fully saturated rings. The molecule has 0 aromatic heterocycles. The van der Waals surface area contributed by atoms with Gasteiger partial charge in [-0.25, -0.2) is 4.39 Å². The summed E-state index contributed by atoms with van der Waals surface area (Å²) in [6, 6.07) is 7.65. The first-order chi connectivity index (χ1) is 13.6. The Balaban J connectivity index is 1.70. The van der Waals surface area contributed by atoms with Crippen molar-refractivity contribution in [1.82, 2.24) is 5.32 Å². The first-order valence-electron chi connectivity index (χ1n) is 8.87. The lowest BCUT2D eigenvalue weighted by atomic mass is 9.89. The van der Waals surface area contributed by atoms with Crippen molar-refractivity contribution in [2.45, 2.75) is 24.9 Å². The van der Waals surface area contributed by atoms with Gasteiger partial charge in [0, 0.05) is 24.9 Å². The van der Waals surface area contributed by atoms with E-state index < -0.39 is 30.1 Å². The lowest BCUT2D eigenvalue weighted by Gasteiger charge is -2.20. The maximum Gasteiger partial charge on any atom is 0.416 e. The molecule has 29 heavy (non-hydrogen) atoms. The van der Waals surface area contributed by atoms with Gasteiger partial charge in [0.2, 0.25) is 0 Å². The highest BCUT2D eigenvalue weighted by molar-refractivity contribution is 5.33. The second kappa shape index (κ2) is 8.31. The maximum absolute atomic E-state index is 14.0. The molecule has 2 atom stereocenters. The zero-order valence-electron chi connectivity index (χ0n) is 15.1. The van der Waals surface area contributed by atoms with Crippen LogP contribution in [-0.4, -0.2) is 19.7 Å². The SMILES string of the molecule is Fc1ccccc1[C@@H]1CNC[C@@H]1COCc1cc(C(F)(F)F)cc(C(F)(F)F)c1.